The molecule has 0 radical (unpaired) electrons. The number of aromatic nitrogens is 3. The van der Waals surface area contributed by atoms with Crippen LogP contribution in [0.25, 0.3) is 10.8 Å². The summed E-state index contributed by atoms with van der Waals surface area (Å²) < 4.78 is 17.2. The van der Waals surface area contributed by atoms with Gasteiger partial charge in [0.2, 0.25) is 11.8 Å². The van der Waals surface area contributed by atoms with Crippen LogP contribution in [-0.4, -0.2) is 69.7 Å². The van der Waals surface area contributed by atoms with Crippen molar-refractivity contribution < 1.29 is 23.8 Å². The van der Waals surface area contributed by atoms with Crippen LogP contribution in [0.15, 0.2) is 30.6 Å². The van der Waals surface area contributed by atoms with Crippen molar-refractivity contribution in [2.75, 3.05) is 25.5 Å². The highest BCUT2D eigenvalue weighted by Gasteiger charge is 2.42. The van der Waals surface area contributed by atoms with Gasteiger partial charge in [-0.1, -0.05) is 13.8 Å². The number of amides is 1. The number of carbonyl (C=O) groups excluding carboxylic acids is 2. The van der Waals surface area contributed by atoms with E-state index in [1.54, 1.807) is 31.6 Å². The molecule has 2 atom stereocenters. The van der Waals surface area contributed by atoms with Crippen molar-refractivity contribution in [1.29, 1.82) is 0 Å². The van der Waals surface area contributed by atoms with E-state index >= 15 is 0 Å². The molecule has 5 heterocycles. The third-order valence-corrected chi connectivity index (χ3v) is 9.03. The molecule has 0 bridgehead atoms. The fraction of sp³-hybridized carbons (Fsp3) is 0.516. The predicted octanol–water partition coefficient (Wildman–Crippen LogP) is 4.25. The Morgan fingerprint density at radius 1 is 1.17 bits per heavy atom. The number of methoxy groups -OCH3 is 1. The van der Waals surface area contributed by atoms with E-state index in [9.17, 15) is 9.59 Å². The maximum atomic E-state index is 12.7. The summed E-state index contributed by atoms with van der Waals surface area (Å²) in [6.07, 6.45) is 5.63. The predicted molar refractivity (Wildman–Crippen MR) is 157 cm³/mol. The third-order valence-electron chi connectivity index (χ3n) is 9.03. The molecule has 222 valence electrons. The van der Waals surface area contributed by atoms with Crippen molar-refractivity contribution in [2.45, 2.75) is 76.7 Å². The number of likely N-dealkylation sites (tertiary alicyclic amines) is 1. The first kappa shape index (κ1) is 28.3. The minimum atomic E-state index is -0.652. The van der Waals surface area contributed by atoms with Gasteiger partial charge in [0, 0.05) is 50.5 Å². The maximum Gasteiger partial charge on any atom is 0.340 e. The van der Waals surface area contributed by atoms with Gasteiger partial charge in [0.15, 0.2) is 0 Å². The Balaban J connectivity index is 1.22. The molecule has 1 aliphatic carbocycles. The molecule has 0 spiro atoms. The molecule has 42 heavy (non-hydrogen) atoms. The number of nitrogens with zero attached hydrogens (tertiary/aromatic N) is 4. The summed E-state index contributed by atoms with van der Waals surface area (Å²) in [5.41, 5.74) is 7.89. The highest BCUT2D eigenvalue weighted by atomic mass is 16.6. The fourth-order valence-corrected chi connectivity index (χ4v) is 5.75. The maximum absolute atomic E-state index is 12.7. The van der Waals surface area contributed by atoms with Crippen LogP contribution in [0.3, 0.4) is 0 Å². The van der Waals surface area contributed by atoms with Crippen LogP contribution in [0.1, 0.15) is 80.5 Å². The molecule has 1 amide bonds. The number of ether oxygens (including phenoxy) is 3. The molecule has 6 rings (SSSR count). The number of fused-ring (bicyclic) bond motifs is 2. The van der Waals surface area contributed by atoms with Crippen molar-refractivity contribution in [3.05, 3.63) is 47.4 Å². The van der Waals surface area contributed by atoms with Crippen molar-refractivity contribution in [3.63, 3.8) is 0 Å². The van der Waals surface area contributed by atoms with E-state index in [1.807, 2.05) is 38.7 Å². The van der Waals surface area contributed by atoms with Crippen LogP contribution in [0.2, 0.25) is 0 Å². The van der Waals surface area contributed by atoms with Gasteiger partial charge in [-0.05, 0) is 62.3 Å². The van der Waals surface area contributed by atoms with Gasteiger partial charge >= 0.3 is 5.97 Å². The minimum Gasteiger partial charge on any atom is -0.474 e. The van der Waals surface area contributed by atoms with Crippen LogP contribution in [0, 0.1) is 5.92 Å². The number of pyridine rings is 3. The van der Waals surface area contributed by atoms with E-state index in [0.717, 1.165) is 22.8 Å². The monoisotopic (exact) mass is 574 g/mol. The van der Waals surface area contributed by atoms with E-state index in [2.05, 4.69) is 15.3 Å². The lowest BCUT2D eigenvalue weighted by Crippen LogP contribution is -2.58. The zero-order chi connectivity index (χ0) is 29.8. The Morgan fingerprint density at radius 2 is 1.93 bits per heavy atom. The lowest BCUT2D eigenvalue weighted by atomic mass is 9.80. The second kappa shape index (κ2) is 10.8. The van der Waals surface area contributed by atoms with E-state index in [0.29, 0.717) is 54.7 Å². The summed E-state index contributed by atoms with van der Waals surface area (Å²) in [5, 5.41) is 4.95. The number of anilines is 2. The van der Waals surface area contributed by atoms with Crippen LogP contribution in [-0.2, 0) is 14.3 Å². The number of rotatable bonds is 8. The number of cyclic esters (lactones) is 1. The average Bonchev–Trinajstić information content (AvgIpc) is 2.92. The largest absolute Gasteiger partial charge is 0.474 e. The Hall–Kier alpha value is -3.83. The second-order valence-corrected chi connectivity index (χ2v) is 12.1. The Kier molecular flexibility index (Phi) is 7.26. The van der Waals surface area contributed by atoms with Crippen molar-refractivity contribution >= 4 is 34.3 Å². The zero-order valence-electron chi connectivity index (χ0n) is 24.7. The average molecular weight is 575 g/mol. The molecule has 1 saturated carbocycles. The van der Waals surface area contributed by atoms with Gasteiger partial charge in [-0.3, -0.25) is 4.79 Å². The number of carbonyl (C=O) groups is 2. The summed E-state index contributed by atoms with van der Waals surface area (Å²) in [4.78, 5) is 41.1. The van der Waals surface area contributed by atoms with Crippen molar-refractivity contribution in [1.82, 2.24) is 19.9 Å². The smallest absolute Gasteiger partial charge is 0.340 e. The number of nitrogens with one attached hydrogen (secondary N) is 1. The van der Waals surface area contributed by atoms with E-state index < -0.39 is 5.60 Å². The van der Waals surface area contributed by atoms with E-state index in [1.165, 1.54) is 0 Å². The van der Waals surface area contributed by atoms with Gasteiger partial charge in [-0.2, -0.15) is 0 Å². The van der Waals surface area contributed by atoms with Gasteiger partial charge in [0.25, 0.3) is 0 Å². The molecule has 2 fully saturated rings. The normalized spacial score (nSPS) is 23.8. The van der Waals surface area contributed by atoms with E-state index in [4.69, 9.17) is 24.9 Å². The van der Waals surface area contributed by atoms with Gasteiger partial charge in [-0.15, -0.1) is 0 Å². The molecular formula is C31H38N6O5. The first-order valence-corrected chi connectivity index (χ1v) is 14.6. The summed E-state index contributed by atoms with van der Waals surface area (Å²) in [6, 6.07) is 5.21. The van der Waals surface area contributed by atoms with Crippen LogP contribution >= 0.6 is 0 Å². The molecule has 2 aliphatic heterocycles. The highest BCUT2D eigenvalue weighted by molar-refractivity contribution is 5.93. The quantitative estimate of drug-likeness (QED) is 0.375. The fourth-order valence-electron chi connectivity index (χ4n) is 5.75. The zero-order valence-corrected chi connectivity index (χ0v) is 24.7. The summed E-state index contributed by atoms with van der Waals surface area (Å²) in [6.45, 7) is 9.14. The van der Waals surface area contributed by atoms with Crippen molar-refractivity contribution in [2.24, 2.45) is 11.7 Å². The minimum absolute atomic E-state index is 0.0277. The van der Waals surface area contributed by atoms with Gasteiger partial charge < -0.3 is 30.2 Å². The number of nitrogens with two attached hydrogens (primary N) is 1. The molecule has 1 saturated heterocycles. The van der Waals surface area contributed by atoms with Gasteiger partial charge in [0.1, 0.15) is 23.3 Å². The lowest BCUT2D eigenvalue weighted by molar-refractivity contribution is -0.153. The number of hydrogen-bond acceptors (Lipinski definition) is 10. The molecular weight excluding hydrogens is 536 g/mol. The first-order chi connectivity index (χ1) is 20.1. The molecule has 11 heteroatoms. The van der Waals surface area contributed by atoms with Crippen LogP contribution in [0.4, 0.5) is 11.6 Å². The van der Waals surface area contributed by atoms with Crippen molar-refractivity contribution in [3.8, 4) is 5.88 Å². The van der Waals surface area contributed by atoms with E-state index in [-0.39, 0.29) is 42.0 Å². The Labute approximate surface area is 245 Å². The first-order valence-electron chi connectivity index (χ1n) is 14.6. The molecule has 3 aliphatic rings. The van der Waals surface area contributed by atoms with Crippen LogP contribution < -0.4 is 15.8 Å². The number of esters is 1. The summed E-state index contributed by atoms with van der Waals surface area (Å²) >= 11 is 0. The molecule has 3 N–H and O–H groups in total. The van der Waals surface area contributed by atoms with Gasteiger partial charge in [-0.25, -0.2) is 19.7 Å². The highest BCUT2D eigenvalue weighted by Crippen LogP contribution is 2.39. The Morgan fingerprint density at radius 3 is 2.64 bits per heavy atom. The molecule has 3 aromatic rings. The third kappa shape index (κ3) is 5.05. The number of hydrogen-bond donors (Lipinski definition) is 2. The summed E-state index contributed by atoms with van der Waals surface area (Å²) in [5.74, 6) is 1.35. The van der Waals surface area contributed by atoms with Gasteiger partial charge in [0.05, 0.1) is 22.7 Å². The molecule has 0 unspecified atom stereocenters. The lowest BCUT2D eigenvalue weighted by Gasteiger charge is -2.43. The second-order valence-electron chi connectivity index (χ2n) is 12.1. The topological polar surface area (TPSA) is 142 Å². The summed E-state index contributed by atoms with van der Waals surface area (Å²) in [7, 11) is 1.68. The molecule has 11 nitrogen and oxygen atoms in total. The Bertz CT molecular complexity index is 1530. The molecule has 3 aromatic heterocycles. The molecule has 0 aromatic carbocycles. The SMILES string of the molecule is CC[C@@H](N)c1cnc(O[C@H]2C[C@@H](C(=O)N3CC(OC)C3)C2)c2cnc(Nc3ccc4c(n3)[C@@H](C)C(C)(C)OC4=O)cc12. The van der Waals surface area contributed by atoms with Crippen LogP contribution in [0.5, 0.6) is 5.88 Å². The standard InChI is InChI=1S/C31H38N6O5/c1-6-24(32)22-12-34-28(41-18-9-17(10-18)29(38)37-14-19(15-37)40-5)23-13-33-26(11-21(22)23)35-25-8-7-20-27(36-25)16(2)31(3,4)42-30(20)39/h7-8,11-13,16-19,24H,6,9-10,14-15,32H2,1-5H3,(H,33,35,36)/t16-,17-,18+,24-/m1/s1.